The molecule has 0 unspecified atom stereocenters. The molecule has 25 heavy (non-hydrogen) atoms. The summed E-state index contributed by atoms with van der Waals surface area (Å²) < 4.78 is 41.1. The first-order chi connectivity index (χ1) is 11.9. The summed E-state index contributed by atoms with van der Waals surface area (Å²) in [5.74, 6) is -0.00973. The summed E-state index contributed by atoms with van der Waals surface area (Å²) >= 11 is 0. The largest absolute Gasteiger partial charge is 0.500 e. The molecule has 0 aliphatic heterocycles. The first-order valence-electron chi connectivity index (χ1n) is 7.96. The number of hydrogen-bond acceptors (Lipinski definition) is 5. The van der Waals surface area contributed by atoms with Crippen molar-refractivity contribution >= 4 is 18.6 Å². The second-order valence-corrected chi connectivity index (χ2v) is 10.8. The lowest BCUT2D eigenvalue weighted by Gasteiger charge is -2.24. The van der Waals surface area contributed by atoms with E-state index in [1.165, 1.54) is 0 Å². The van der Waals surface area contributed by atoms with E-state index in [4.69, 9.17) is 13.3 Å². The predicted molar refractivity (Wildman–Crippen MR) is 99.1 cm³/mol. The highest BCUT2D eigenvalue weighted by molar-refractivity contribution is 7.90. The van der Waals surface area contributed by atoms with Crippen molar-refractivity contribution in [1.82, 2.24) is 0 Å². The Balaban J connectivity index is 2.03. The quantitative estimate of drug-likeness (QED) is 0.626. The molecule has 0 radical (unpaired) electrons. The maximum Gasteiger partial charge on any atom is 0.500 e. The summed E-state index contributed by atoms with van der Waals surface area (Å²) in [6.45, 7) is 0. The number of benzene rings is 2. The van der Waals surface area contributed by atoms with Crippen molar-refractivity contribution < 1.29 is 21.7 Å². The minimum absolute atomic E-state index is 0.00973. The number of sulfone groups is 1. The molecule has 7 heteroatoms. The first-order valence-corrected chi connectivity index (χ1v) is 11.5. The zero-order chi connectivity index (χ0) is 18.3. The van der Waals surface area contributed by atoms with Gasteiger partial charge < -0.3 is 13.3 Å². The van der Waals surface area contributed by atoms with Gasteiger partial charge >= 0.3 is 8.80 Å². The van der Waals surface area contributed by atoms with E-state index in [1.807, 2.05) is 24.3 Å². The predicted octanol–water partition coefficient (Wildman–Crippen LogP) is 3.08. The lowest BCUT2D eigenvalue weighted by atomic mass is 10.1. The Morgan fingerprint density at radius 2 is 1.32 bits per heavy atom. The molecule has 5 nitrogen and oxygen atoms in total. The molecule has 0 spiro atoms. The molecule has 2 rings (SSSR count). The van der Waals surface area contributed by atoms with Crippen LogP contribution < -0.4 is 0 Å². The van der Waals surface area contributed by atoms with E-state index in [0.29, 0.717) is 10.9 Å². The molecule has 136 valence electrons. The Morgan fingerprint density at radius 3 is 1.84 bits per heavy atom. The average molecular weight is 381 g/mol. The van der Waals surface area contributed by atoms with Crippen LogP contribution in [0.4, 0.5) is 0 Å². The van der Waals surface area contributed by atoms with E-state index in [1.54, 1.807) is 51.7 Å². The van der Waals surface area contributed by atoms with Crippen molar-refractivity contribution in [3.63, 3.8) is 0 Å². The van der Waals surface area contributed by atoms with Gasteiger partial charge in [0.05, 0.1) is 10.6 Å². The van der Waals surface area contributed by atoms with E-state index in [-0.39, 0.29) is 5.75 Å². The minimum atomic E-state index is -3.33. The fourth-order valence-corrected chi connectivity index (χ4v) is 5.66. The fourth-order valence-electron chi connectivity index (χ4n) is 2.59. The zero-order valence-electron chi connectivity index (χ0n) is 14.8. The van der Waals surface area contributed by atoms with Gasteiger partial charge in [-0.25, -0.2) is 8.42 Å². The topological polar surface area (TPSA) is 61.8 Å². The Kier molecular flexibility index (Phi) is 6.92. The Labute approximate surface area is 150 Å². The third kappa shape index (κ3) is 5.23. The maximum absolute atomic E-state index is 12.4. The standard InChI is InChI=1S/C18H24O5SSi/c1-21-25(22-2,23-3)14-13-16-9-11-17(12-10-16)15-24(19,20)18-7-5-4-6-8-18/h4-12H,13-15H2,1-3H3. The zero-order valence-corrected chi connectivity index (χ0v) is 16.6. The van der Waals surface area contributed by atoms with Crippen LogP contribution >= 0.6 is 0 Å². The van der Waals surface area contributed by atoms with E-state index < -0.39 is 18.6 Å². The molecule has 0 atom stereocenters. The van der Waals surface area contributed by atoms with Gasteiger partial charge in [-0.2, -0.15) is 0 Å². The lowest BCUT2D eigenvalue weighted by Crippen LogP contribution is -2.43. The minimum Gasteiger partial charge on any atom is -0.377 e. The average Bonchev–Trinajstić information content (AvgIpc) is 2.65. The molecule has 0 heterocycles. The van der Waals surface area contributed by atoms with E-state index in [0.717, 1.165) is 17.5 Å². The van der Waals surface area contributed by atoms with Gasteiger partial charge in [0, 0.05) is 27.4 Å². The number of hydrogen-bond donors (Lipinski definition) is 0. The van der Waals surface area contributed by atoms with Crippen molar-refractivity contribution in [2.24, 2.45) is 0 Å². The molecule has 2 aromatic carbocycles. The smallest absolute Gasteiger partial charge is 0.377 e. The summed E-state index contributed by atoms with van der Waals surface area (Å²) in [7, 11) is -1.14. The van der Waals surface area contributed by atoms with Crippen LogP contribution in [0.3, 0.4) is 0 Å². The summed E-state index contributed by atoms with van der Waals surface area (Å²) in [6.07, 6.45) is 0.744. The maximum atomic E-state index is 12.4. The Hall–Kier alpha value is -1.51. The van der Waals surface area contributed by atoms with Gasteiger partial charge in [-0.05, 0) is 29.7 Å². The van der Waals surface area contributed by atoms with Crippen LogP contribution in [-0.4, -0.2) is 38.6 Å². The monoisotopic (exact) mass is 380 g/mol. The highest BCUT2D eigenvalue weighted by atomic mass is 32.2. The van der Waals surface area contributed by atoms with E-state index in [9.17, 15) is 8.42 Å². The van der Waals surface area contributed by atoms with Crippen molar-refractivity contribution in [3.8, 4) is 0 Å². The van der Waals surface area contributed by atoms with Crippen LogP contribution in [0.15, 0.2) is 59.5 Å². The summed E-state index contributed by atoms with van der Waals surface area (Å²) in [5, 5.41) is 0. The summed E-state index contributed by atoms with van der Waals surface area (Å²) in [6, 6.07) is 16.8. The normalized spacial score (nSPS) is 12.3. The van der Waals surface area contributed by atoms with Crippen molar-refractivity contribution in [1.29, 1.82) is 0 Å². The Morgan fingerprint density at radius 1 is 0.800 bits per heavy atom. The van der Waals surface area contributed by atoms with Gasteiger partial charge in [0.25, 0.3) is 0 Å². The van der Waals surface area contributed by atoms with Gasteiger partial charge in [0.1, 0.15) is 0 Å². The van der Waals surface area contributed by atoms with Crippen molar-refractivity contribution in [3.05, 3.63) is 65.7 Å². The second kappa shape index (κ2) is 8.73. The molecule has 0 N–H and O–H groups in total. The molecular formula is C18H24O5SSi. The molecule has 0 aliphatic carbocycles. The molecule has 0 saturated carbocycles. The molecule has 0 aromatic heterocycles. The third-order valence-electron chi connectivity index (χ3n) is 4.13. The molecule has 2 aromatic rings. The molecule has 0 amide bonds. The van der Waals surface area contributed by atoms with E-state index in [2.05, 4.69) is 0 Å². The Bertz CT molecular complexity index is 748. The molecular weight excluding hydrogens is 356 g/mol. The highest BCUT2D eigenvalue weighted by Gasteiger charge is 2.37. The third-order valence-corrected chi connectivity index (χ3v) is 8.57. The molecule has 0 bridgehead atoms. The van der Waals surface area contributed by atoms with Gasteiger partial charge in [0.15, 0.2) is 9.84 Å². The molecule has 0 saturated heterocycles. The van der Waals surface area contributed by atoms with Crippen LogP contribution in [-0.2, 0) is 35.3 Å². The SMILES string of the molecule is CO[Si](CCc1ccc(CS(=O)(=O)c2ccccc2)cc1)(OC)OC. The van der Waals surface area contributed by atoms with Crippen LogP contribution in [0.5, 0.6) is 0 Å². The van der Waals surface area contributed by atoms with Crippen molar-refractivity contribution in [2.75, 3.05) is 21.3 Å². The molecule has 0 fully saturated rings. The van der Waals surface area contributed by atoms with Gasteiger partial charge in [-0.3, -0.25) is 0 Å². The second-order valence-electron chi connectivity index (χ2n) is 5.68. The summed E-state index contributed by atoms with van der Waals surface area (Å²) in [4.78, 5) is 0.343. The van der Waals surface area contributed by atoms with Crippen molar-refractivity contribution in [2.45, 2.75) is 23.1 Å². The van der Waals surface area contributed by atoms with Crippen LogP contribution in [0.2, 0.25) is 6.04 Å². The van der Waals surface area contributed by atoms with Gasteiger partial charge in [-0.15, -0.1) is 0 Å². The van der Waals surface area contributed by atoms with E-state index >= 15 is 0 Å². The highest BCUT2D eigenvalue weighted by Crippen LogP contribution is 2.19. The van der Waals surface area contributed by atoms with Crippen LogP contribution in [0.1, 0.15) is 11.1 Å². The number of rotatable bonds is 9. The van der Waals surface area contributed by atoms with Crippen LogP contribution in [0.25, 0.3) is 0 Å². The van der Waals surface area contributed by atoms with Gasteiger partial charge in [-0.1, -0.05) is 42.5 Å². The molecule has 0 aliphatic rings. The first kappa shape index (κ1) is 19.8. The number of aryl methyl sites for hydroxylation is 1. The lowest BCUT2D eigenvalue weighted by molar-refractivity contribution is 0.123. The fraction of sp³-hybridized carbons (Fsp3) is 0.333. The van der Waals surface area contributed by atoms with Crippen LogP contribution in [0, 0.1) is 0 Å². The van der Waals surface area contributed by atoms with Gasteiger partial charge in [0.2, 0.25) is 0 Å². The summed E-state index contributed by atoms with van der Waals surface area (Å²) in [5.41, 5.74) is 1.85.